The molecule has 0 aliphatic rings. The molecule has 0 saturated heterocycles. The van der Waals surface area contributed by atoms with Gasteiger partial charge in [-0.15, -0.1) is 0 Å². The highest BCUT2D eigenvalue weighted by Gasteiger charge is 2.26. The van der Waals surface area contributed by atoms with E-state index in [2.05, 4.69) is 5.32 Å². The van der Waals surface area contributed by atoms with Gasteiger partial charge in [-0.3, -0.25) is 4.79 Å². The average molecular weight is 343 g/mol. The minimum atomic E-state index is -0.312. The summed E-state index contributed by atoms with van der Waals surface area (Å²) in [5, 5.41) is 12.6. The largest absolute Gasteiger partial charge is 0.394 e. The molecule has 25 heavy (non-hydrogen) atoms. The third kappa shape index (κ3) is 4.93. The molecule has 6 heteroatoms. The van der Waals surface area contributed by atoms with Crippen LogP contribution in [0.4, 0.5) is 10.5 Å². The number of pyridine rings is 1. The van der Waals surface area contributed by atoms with Crippen molar-refractivity contribution >= 4 is 11.7 Å². The first kappa shape index (κ1) is 18.7. The molecule has 0 aliphatic heterocycles. The SMILES string of the molecule is CC(C)C(CO)N(Cc1ccccc1)C(=O)Nc1ccc(=O)n(C)c1. The second-order valence-corrected chi connectivity index (χ2v) is 6.40. The van der Waals surface area contributed by atoms with E-state index in [1.165, 1.54) is 10.6 Å². The van der Waals surface area contributed by atoms with Gasteiger partial charge < -0.3 is 19.9 Å². The Bertz CT molecular complexity index is 756. The molecule has 1 atom stereocenters. The highest BCUT2D eigenvalue weighted by molar-refractivity contribution is 5.89. The molecule has 2 N–H and O–H groups in total. The third-order valence-electron chi connectivity index (χ3n) is 4.15. The number of hydrogen-bond donors (Lipinski definition) is 2. The van der Waals surface area contributed by atoms with Crippen LogP contribution in [0, 0.1) is 5.92 Å². The van der Waals surface area contributed by atoms with Gasteiger partial charge in [0, 0.05) is 25.9 Å². The van der Waals surface area contributed by atoms with Crippen LogP contribution in [0.1, 0.15) is 19.4 Å². The third-order valence-corrected chi connectivity index (χ3v) is 4.15. The van der Waals surface area contributed by atoms with Crippen molar-refractivity contribution < 1.29 is 9.90 Å². The van der Waals surface area contributed by atoms with Crippen molar-refractivity contribution in [2.75, 3.05) is 11.9 Å². The number of aryl methyl sites for hydroxylation is 1. The molecule has 1 aromatic heterocycles. The number of carbonyl (C=O) groups excluding carboxylic acids is 1. The number of nitrogens with one attached hydrogen (secondary N) is 1. The topological polar surface area (TPSA) is 74.6 Å². The molecule has 0 aliphatic carbocycles. The quantitative estimate of drug-likeness (QED) is 0.846. The van der Waals surface area contributed by atoms with E-state index in [0.29, 0.717) is 12.2 Å². The average Bonchev–Trinajstić information content (AvgIpc) is 2.58. The molecule has 0 bridgehead atoms. The maximum atomic E-state index is 12.8. The summed E-state index contributed by atoms with van der Waals surface area (Å²) in [6, 6.07) is 12.0. The van der Waals surface area contributed by atoms with Crippen molar-refractivity contribution in [2.24, 2.45) is 13.0 Å². The minimum absolute atomic E-state index is 0.0968. The Morgan fingerprint density at radius 1 is 1.20 bits per heavy atom. The maximum Gasteiger partial charge on any atom is 0.322 e. The van der Waals surface area contributed by atoms with Gasteiger partial charge in [-0.05, 0) is 17.5 Å². The van der Waals surface area contributed by atoms with Crippen molar-refractivity contribution in [1.82, 2.24) is 9.47 Å². The molecule has 2 aromatic rings. The number of hydrogen-bond acceptors (Lipinski definition) is 3. The van der Waals surface area contributed by atoms with E-state index < -0.39 is 0 Å². The van der Waals surface area contributed by atoms with Crippen LogP contribution in [-0.4, -0.2) is 33.3 Å². The van der Waals surface area contributed by atoms with Crippen LogP contribution in [0.2, 0.25) is 0 Å². The van der Waals surface area contributed by atoms with Crippen LogP contribution in [0.3, 0.4) is 0 Å². The summed E-state index contributed by atoms with van der Waals surface area (Å²) in [5.41, 5.74) is 1.37. The van der Waals surface area contributed by atoms with E-state index >= 15 is 0 Å². The summed E-state index contributed by atoms with van der Waals surface area (Å²) in [6.45, 7) is 4.21. The van der Waals surface area contributed by atoms with Gasteiger partial charge in [0.15, 0.2) is 0 Å². The molecule has 0 saturated carbocycles. The fourth-order valence-electron chi connectivity index (χ4n) is 2.65. The number of anilines is 1. The van der Waals surface area contributed by atoms with Gasteiger partial charge in [0.25, 0.3) is 0 Å². The molecule has 2 amide bonds. The molecular weight excluding hydrogens is 318 g/mol. The highest BCUT2D eigenvalue weighted by atomic mass is 16.3. The molecule has 1 heterocycles. The number of aliphatic hydroxyl groups excluding tert-OH is 1. The molecule has 0 radical (unpaired) electrons. The lowest BCUT2D eigenvalue weighted by atomic mass is 10.0. The van der Waals surface area contributed by atoms with E-state index in [1.54, 1.807) is 24.2 Å². The molecule has 0 spiro atoms. The van der Waals surface area contributed by atoms with Crippen LogP contribution < -0.4 is 10.9 Å². The number of benzene rings is 1. The summed E-state index contributed by atoms with van der Waals surface area (Å²) in [6.07, 6.45) is 1.57. The van der Waals surface area contributed by atoms with Crippen molar-refractivity contribution in [3.63, 3.8) is 0 Å². The van der Waals surface area contributed by atoms with Crippen LogP contribution >= 0.6 is 0 Å². The Labute approximate surface area is 147 Å². The predicted octanol–water partition coefficient (Wildman–Crippen LogP) is 2.44. The zero-order valence-electron chi connectivity index (χ0n) is 14.8. The first-order valence-electron chi connectivity index (χ1n) is 8.31. The Kier molecular flexibility index (Phi) is 6.36. The standard InChI is InChI=1S/C19H25N3O3/c1-14(2)17(13-23)22(11-15-7-5-4-6-8-15)19(25)20-16-9-10-18(24)21(3)12-16/h4-10,12,14,17,23H,11,13H2,1-3H3,(H,20,25). The van der Waals surface area contributed by atoms with Crippen LogP contribution in [0.25, 0.3) is 0 Å². The summed E-state index contributed by atoms with van der Waals surface area (Å²) < 4.78 is 1.41. The fourth-order valence-corrected chi connectivity index (χ4v) is 2.65. The van der Waals surface area contributed by atoms with E-state index in [1.807, 2.05) is 44.2 Å². The fraction of sp³-hybridized carbons (Fsp3) is 0.368. The predicted molar refractivity (Wildman–Crippen MR) is 98.4 cm³/mol. The van der Waals surface area contributed by atoms with Crippen molar-refractivity contribution in [2.45, 2.75) is 26.4 Å². The first-order chi connectivity index (χ1) is 11.9. The maximum absolute atomic E-state index is 12.8. The smallest absolute Gasteiger partial charge is 0.322 e. The first-order valence-corrected chi connectivity index (χ1v) is 8.31. The lowest BCUT2D eigenvalue weighted by molar-refractivity contribution is 0.110. The van der Waals surface area contributed by atoms with Gasteiger partial charge in [-0.25, -0.2) is 4.79 Å². The Hall–Kier alpha value is -2.60. The summed E-state index contributed by atoms with van der Waals surface area (Å²) in [4.78, 5) is 25.9. The minimum Gasteiger partial charge on any atom is -0.394 e. The van der Waals surface area contributed by atoms with Crippen molar-refractivity contribution in [3.8, 4) is 0 Å². The normalized spacial score (nSPS) is 12.0. The number of nitrogens with zero attached hydrogens (tertiary/aromatic N) is 2. The lowest BCUT2D eigenvalue weighted by Crippen LogP contribution is -2.47. The number of amides is 2. The monoisotopic (exact) mass is 343 g/mol. The van der Waals surface area contributed by atoms with Crippen molar-refractivity contribution in [1.29, 1.82) is 0 Å². The molecule has 2 rings (SSSR count). The zero-order valence-corrected chi connectivity index (χ0v) is 14.8. The summed E-state index contributed by atoms with van der Waals surface area (Å²) in [7, 11) is 1.63. The molecule has 6 nitrogen and oxygen atoms in total. The Balaban J connectivity index is 2.24. The van der Waals surface area contributed by atoms with E-state index in [4.69, 9.17) is 0 Å². The van der Waals surface area contributed by atoms with Gasteiger partial charge >= 0.3 is 6.03 Å². The second kappa shape index (κ2) is 8.48. The molecule has 1 aromatic carbocycles. The van der Waals surface area contributed by atoms with Gasteiger partial charge in [0.2, 0.25) is 5.56 Å². The highest BCUT2D eigenvalue weighted by Crippen LogP contribution is 2.17. The zero-order chi connectivity index (χ0) is 18.4. The van der Waals surface area contributed by atoms with Gasteiger partial charge in [0.05, 0.1) is 18.3 Å². The number of aliphatic hydroxyl groups is 1. The van der Waals surface area contributed by atoms with Crippen LogP contribution in [-0.2, 0) is 13.6 Å². The number of aromatic nitrogens is 1. The van der Waals surface area contributed by atoms with Crippen LogP contribution in [0.15, 0.2) is 53.5 Å². The number of carbonyl (C=O) groups is 1. The van der Waals surface area contributed by atoms with E-state index in [0.717, 1.165) is 5.56 Å². The van der Waals surface area contributed by atoms with Crippen LogP contribution in [0.5, 0.6) is 0 Å². The van der Waals surface area contributed by atoms with E-state index in [9.17, 15) is 14.7 Å². The van der Waals surface area contributed by atoms with Gasteiger partial charge in [-0.2, -0.15) is 0 Å². The van der Waals surface area contributed by atoms with Crippen molar-refractivity contribution in [3.05, 3.63) is 64.6 Å². The number of urea groups is 1. The Morgan fingerprint density at radius 2 is 1.88 bits per heavy atom. The Morgan fingerprint density at radius 3 is 2.44 bits per heavy atom. The second-order valence-electron chi connectivity index (χ2n) is 6.40. The lowest BCUT2D eigenvalue weighted by Gasteiger charge is -2.33. The summed E-state index contributed by atoms with van der Waals surface area (Å²) in [5.74, 6) is 0.0968. The van der Waals surface area contributed by atoms with Gasteiger partial charge in [-0.1, -0.05) is 44.2 Å². The van der Waals surface area contributed by atoms with E-state index in [-0.39, 0.29) is 30.2 Å². The summed E-state index contributed by atoms with van der Waals surface area (Å²) >= 11 is 0. The molecular formula is C19H25N3O3. The molecule has 134 valence electrons. The molecule has 1 unspecified atom stereocenters. The van der Waals surface area contributed by atoms with Gasteiger partial charge in [0.1, 0.15) is 0 Å². The number of rotatable bonds is 6. The molecule has 0 fully saturated rings.